The second kappa shape index (κ2) is 11.3. The van der Waals surface area contributed by atoms with E-state index in [0.29, 0.717) is 9.32 Å². The Hall–Kier alpha value is -2.60. The Kier molecular flexibility index (Phi) is 8.41. The number of rotatable bonds is 8. The molecule has 0 saturated carbocycles. The van der Waals surface area contributed by atoms with Crippen LogP contribution in [0, 0.1) is 21.0 Å². The van der Waals surface area contributed by atoms with Gasteiger partial charge in [0.15, 0.2) is 11.6 Å². The van der Waals surface area contributed by atoms with Crippen LogP contribution in [-0.2, 0) is 20.2 Å². The highest BCUT2D eigenvalue weighted by Gasteiger charge is 2.33. The molecule has 1 aliphatic heterocycles. The molecular formula is C23H22F3IN4O5S2. The minimum absolute atomic E-state index is 0.0352. The van der Waals surface area contributed by atoms with Crippen LogP contribution in [0.4, 0.5) is 30.2 Å². The van der Waals surface area contributed by atoms with Crippen LogP contribution >= 0.6 is 22.6 Å². The lowest BCUT2D eigenvalue weighted by Crippen LogP contribution is -2.51. The number of hydrogen-bond acceptors (Lipinski definition) is 6. The van der Waals surface area contributed by atoms with Crippen molar-refractivity contribution in [2.45, 2.75) is 4.90 Å². The molecule has 3 aromatic rings. The molecule has 0 atom stereocenters. The largest absolute Gasteiger partial charge is 0.497 e. The molecule has 1 aliphatic rings. The molecule has 204 valence electrons. The number of anilines is 3. The lowest BCUT2D eigenvalue weighted by Gasteiger charge is -2.33. The van der Waals surface area contributed by atoms with E-state index in [1.54, 1.807) is 0 Å². The molecule has 2 N–H and O–H groups in total. The Bertz CT molecular complexity index is 1550. The average molecular weight is 682 g/mol. The fourth-order valence-electron chi connectivity index (χ4n) is 3.73. The van der Waals surface area contributed by atoms with Crippen molar-refractivity contribution in [3.8, 4) is 5.75 Å². The number of ether oxygens (including phenoxy) is 1. The smallest absolute Gasteiger partial charge is 0.301 e. The number of nitrogens with zero attached hydrogens (tertiary/aromatic N) is 2. The summed E-state index contributed by atoms with van der Waals surface area (Å²) in [6, 6.07) is 11.6. The molecule has 0 aromatic heterocycles. The van der Waals surface area contributed by atoms with Gasteiger partial charge in [-0.15, -0.1) is 0 Å². The van der Waals surface area contributed by atoms with Gasteiger partial charge in [0, 0.05) is 29.7 Å². The zero-order chi connectivity index (χ0) is 27.7. The molecule has 38 heavy (non-hydrogen) atoms. The maximum atomic E-state index is 14.7. The number of hydrogen-bond donors (Lipinski definition) is 2. The topological polar surface area (TPSA) is 108 Å². The fourth-order valence-corrected chi connectivity index (χ4v) is 6.83. The minimum atomic E-state index is -4.32. The van der Waals surface area contributed by atoms with Crippen molar-refractivity contribution in [3.63, 3.8) is 0 Å². The fraction of sp³-hybridized carbons (Fsp3) is 0.217. The third-order valence-electron chi connectivity index (χ3n) is 5.76. The number of halogens is 4. The summed E-state index contributed by atoms with van der Waals surface area (Å²) in [5.74, 6) is -2.93. The first kappa shape index (κ1) is 28.4. The van der Waals surface area contributed by atoms with E-state index in [0.717, 1.165) is 20.7 Å². The zero-order valence-electron chi connectivity index (χ0n) is 19.8. The van der Waals surface area contributed by atoms with Crippen LogP contribution in [0.2, 0.25) is 0 Å². The van der Waals surface area contributed by atoms with Gasteiger partial charge in [0.1, 0.15) is 17.3 Å². The van der Waals surface area contributed by atoms with Crippen molar-refractivity contribution in [1.29, 1.82) is 0 Å². The molecule has 15 heteroatoms. The van der Waals surface area contributed by atoms with Gasteiger partial charge in [0.25, 0.3) is 0 Å². The Morgan fingerprint density at radius 1 is 0.816 bits per heavy atom. The highest BCUT2D eigenvalue weighted by Crippen LogP contribution is 2.33. The Labute approximate surface area is 232 Å². The van der Waals surface area contributed by atoms with Crippen LogP contribution in [0.3, 0.4) is 0 Å². The molecule has 0 radical (unpaired) electrons. The van der Waals surface area contributed by atoms with E-state index in [1.807, 2.05) is 22.6 Å². The van der Waals surface area contributed by atoms with Gasteiger partial charge in [-0.05, 0) is 77.2 Å². The number of sulfonamides is 1. The van der Waals surface area contributed by atoms with Crippen LogP contribution < -0.4 is 14.8 Å². The van der Waals surface area contributed by atoms with E-state index in [-0.39, 0.29) is 42.4 Å². The summed E-state index contributed by atoms with van der Waals surface area (Å²) >= 11 is 1.88. The highest BCUT2D eigenvalue weighted by molar-refractivity contribution is 14.1. The normalized spacial score (nSPS) is 15.3. The number of nitrogens with one attached hydrogen (secondary N) is 2. The summed E-state index contributed by atoms with van der Waals surface area (Å²) in [5.41, 5.74) is -1.14. The van der Waals surface area contributed by atoms with E-state index >= 15 is 0 Å². The molecule has 1 heterocycles. The predicted molar refractivity (Wildman–Crippen MR) is 145 cm³/mol. The van der Waals surface area contributed by atoms with Crippen molar-refractivity contribution >= 4 is 59.9 Å². The molecule has 0 spiro atoms. The second-order valence-electron chi connectivity index (χ2n) is 8.12. The van der Waals surface area contributed by atoms with Crippen LogP contribution in [0.15, 0.2) is 59.5 Å². The van der Waals surface area contributed by atoms with Gasteiger partial charge in [0.2, 0.25) is 10.0 Å². The SMILES string of the molecule is COc1ccc(S(=O)(=O)N2CCN(S(=O)(=O)Nc3ccc(F)c(F)c3Nc3ccc(I)cc3F)CC2)cc1. The van der Waals surface area contributed by atoms with Gasteiger partial charge in [-0.25, -0.2) is 21.6 Å². The average Bonchev–Trinajstić information content (AvgIpc) is 2.89. The van der Waals surface area contributed by atoms with Gasteiger partial charge >= 0.3 is 10.2 Å². The van der Waals surface area contributed by atoms with Gasteiger partial charge in [-0.1, -0.05) is 0 Å². The molecule has 1 saturated heterocycles. The van der Waals surface area contributed by atoms with Crippen molar-refractivity contribution in [2.24, 2.45) is 0 Å². The number of piperazine rings is 1. The highest BCUT2D eigenvalue weighted by atomic mass is 127. The third-order valence-corrected chi connectivity index (χ3v) is 9.87. The van der Waals surface area contributed by atoms with E-state index in [4.69, 9.17) is 4.74 Å². The van der Waals surface area contributed by atoms with Gasteiger partial charge in [0.05, 0.1) is 23.4 Å². The predicted octanol–water partition coefficient (Wildman–Crippen LogP) is 4.12. The van der Waals surface area contributed by atoms with Gasteiger partial charge < -0.3 is 10.1 Å². The minimum Gasteiger partial charge on any atom is -0.497 e. The van der Waals surface area contributed by atoms with Crippen molar-refractivity contribution < 1.29 is 34.7 Å². The first-order valence-corrected chi connectivity index (χ1v) is 15.0. The second-order valence-corrected chi connectivity index (χ2v) is 13.0. The van der Waals surface area contributed by atoms with Crippen LogP contribution in [0.5, 0.6) is 5.75 Å². The summed E-state index contributed by atoms with van der Waals surface area (Å²) in [4.78, 5) is 0.0352. The first-order valence-electron chi connectivity index (χ1n) is 11.0. The first-order chi connectivity index (χ1) is 17.9. The third kappa shape index (κ3) is 6.01. The molecule has 9 nitrogen and oxygen atoms in total. The van der Waals surface area contributed by atoms with Crippen molar-refractivity contribution in [1.82, 2.24) is 8.61 Å². The molecular weight excluding hydrogens is 660 g/mol. The zero-order valence-corrected chi connectivity index (χ0v) is 23.6. The summed E-state index contributed by atoms with van der Waals surface area (Å²) < 4.78 is 105. The summed E-state index contributed by atoms with van der Waals surface area (Å²) in [6.07, 6.45) is 0. The number of benzene rings is 3. The molecule has 4 rings (SSSR count). The molecule has 0 aliphatic carbocycles. The van der Waals surface area contributed by atoms with Crippen LogP contribution in [-0.4, -0.2) is 58.7 Å². The van der Waals surface area contributed by atoms with Gasteiger partial charge in [-0.3, -0.25) is 4.72 Å². The molecule has 1 fully saturated rings. The Morgan fingerprint density at radius 2 is 1.42 bits per heavy atom. The molecule has 3 aromatic carbocycles. The van der Waals surface area contributed by atoms with E-state index in [9.17, 15) is 30.0 Å². The molecule has 0 unspecified atom stereocenters. The van der Waals surface area contributed by atoms with Gasteiger partial charge in [-0.2, -0.15) is 17.0 Å². The molecule has 0 bridgehead atoms. The van der Waals surface area contributed by atoms with E-state index < -0.39 is 43.4 Å². The lowest BCUT2D eigenvalue weighted by atomic mass is 10.2. The maximum Gasteiger partial charge on any atom is 0.301 e. The van der Waals surface area contributed by atoms with E-state index in [2.05, 4.69) is 10.0 Å². The summed E-state index contributed by atoms with van der Waals surface area (Å²) in [6.45, 7) is -0.649. The quantitative estimate of drug-likeness (QED) is 0.347. The lowest BCUT2D eigenvalue weighted by molar-refractivity contribution is 0.274. The monoisotopic (exact) mass is 682 g/mol. The Balaban J connectivity index is 1.51. The Morgan fingerprint density at radius 3 is 2.03 bits per heavy atom. The molecule has 0 amide bonds. The van der Waals surface area contributed by atoms with E-state index in [1.165, 1.54) is 49.6 Å². The maximum absolute atomic E-state index is 14.7. The van der Waals surface area contributed by atoms with Crippen molar-refractivity contribution in [2.75, 3.05) is 43.3 Å². The number of methoxy groups -OCH3 is 1. The standard InChI is InChI=1S/C23H22F3IN4O5S2/c1-36-16-3-5-17(6-4-16)37(32,33)30-10-12-31(13-11-30)38(34,35)29-21-9-7-18(24)22(26)23(21)28-20-8-2-15(27)14-19(20)25/h2-9,14,28-29H,10-13H2,1H3. The van der Waals surface area contributed by atoms with Crippen LogP contribution in [0.1, 0.15) is 0 Å². The van der Waals surface area contributed by atoms with Crippen LogP contribution in [0.25, 0.3) is 0 Å². The summed E-state index contributed by atoms with van der Waals surface area (Å²) in [7, 11) is -6.74. The van der Waals surface area contributed by atoms with Crippen molar-refractivity contribution in [3.05, 3.63) is 75.6 Å². The summed E-state index contributed by atoms with van der Waals surface area (Å²) in [5, 5.41) is 2.42.